The van der Waals surface area contributed by atoms with Crippen molar-refractivity contribution >= 4 is 11.6 Å². The number of nitrogens with one attached hydrogen (secondary N) is 1. The highest BCUT2D eigenvalue weighted by Crippen LogP contribution is 2.24. The standard InChI is InChI=1S/C21H33N3O/c1-16-7-9-19(10-8-16)22-21(25)18(3)23-11-13-24(14-12-23)20-6-4-5-17(2)15-20/h4-6,15-16,18-19H,7-14H2,1-3H3,(H,22,25)/t16?,18-,19?/m0/s1. The van der Waals surface area contributed by atoms with Gasteiger partial charge in [-0.25, -0.2) is 0 Å². The van der Waals surface area contributed by atoms with Crippen LogP contribution in [0.1, 0.15) is 45.1 Å². The van der Waals surface area contributed by atoms with Crippen LogP contribution in [0.5, 0.6) is 0 Å². The van der Waals surface area contributed by atoms with Gasteiger partial charge in [-0.2, -0.15) is 0 Å². The number of rotatable bonds is 4. The van der Waals surface area contributed by atoms with Gasteiger partial charge in [-0.05, 0) is 63.1 Å². The first-order valence-corrected chi connectivity index (χ1v) is 9.89. The van der Waals surface area contributed by atoms with Crippen molar-refractivity contribution < 1.29 is 4.79 Å². The summed E-state index contributed by atoms with van der Waals surface area (Å²) in [5, 5.41) is 3.29. The molecule has 2 fully saturated rings. The number of carbonyl (C=O) groups is 1. The predicted molar refractivity (Wildman–Crippen MR) is 104 cm³/mol. The largest absolute Gasteiger partial charge is 0.369 e. The third-order valence-electron chi connectivity index (χ3n) is 5.97. The molecule has 1 aliphatic heterocycles. The van der Waals surface area contributed by atoms with Gasteiger partial charge in [0.2, 0.25) is 5.91 Å². The molecule has 1 saturated heterocycles. The molecule has 138 valence electrons. The summed E-state index contributed by atoms with van der Waals surface area (Å²) in [5.74, 6) is 1.03. The van der Waals surface area contributed by atoms with Crippen molar-refractivity contribution in [2.45, 2.75) is 58.5 Å². The number of piperazine rings is 1. The molecule has 0 unspecified atom stereocenters. The fraction of sp³-hybridized carbons (Fsp3) is 0.667. The summed E-state index contributed by atoms with van der Waals surface area (Å²) in [4.78, 5) is 17.4. The van der Waals surface area contributed by atoms with Gasteiger partial charge in [-0.3, -0.25) is 9.69 Å². The molecule has 4 nitrogen and oxygen atoms in total. The Labute approximate surface area is 152 Å². The summed E-state index contributed by atoms with van der Waals surface area (Å²) in [5.41, 5.74) is 2.60. The Bertz CT molecular complexity index is 572. The lowest BCUT2D eigenvalue weighted by molar-refractivity contribution is -0.127. The molecule has 1 saturated carbocycles. The second kappa shape index (κ2) is 8.22. The molecule has 1 atom stereocenters. The fourth-order valence-corrected chi connectivity index (χ4v) is 4.08. The van der Waals surface area contributed by atoms with E-state index in [1.807, 2.05) is 0 Å². The first-order chi connectivity index (χ1) is 12.0. The minimum absolute atomic E-state index is 0.0287. The fourth-order valence-electron chi connectivity index (χ4n) is 4.08. The number of aryl methyl sites for hydroxylation is 1. The summed E-state index contributed by atoms with van der Waals surface area (Å²) in [6, 6.07) is 9.05. The average molecular weight is 344 g/mol. The van der Waals surface area contributed by atoms with E-state index < -0.39 is 0 Å². The van der Waals surface area contributed by atoms with Crippen molar-refractivity contribution in [1.29, 1.82) is 0 Å². The molecule has 25 heavy (non-hydrogen) atoms. The molecular formula is C21H33N3O. The molecular weight excluding hydrogens is 310 g/mol. The lowest BCUT2D eigenvalue weighted by Gasteiger charge is -2.39. The van der Waals surface area contributed by atoms with Crippen molar-refractivity contribution in [2.75, 3.05) is 31.1 Å². The summed E-state index contributed by atoms with van der Waals surface area (Å²) in [6.45, 7) is 10.4. The van der Waals surface area contributed by atoms with Crippen LogP contribution in [0, 0.1) is 12.8 Å². The zero-order chi connectivity index (χ0) is 17.8. The van der Waals surface area contributed by atoms with Gasteiger partial charge in [-0.15, -0.1) is 0 Å². The summed E-state index contributed by atoms with van der Waals surface area (Å²) in [7, 11) is 0. The first-order valence-electron chi connectivity index (χ1n) is 9.89. The van der Waals surface area contributed by atoms with Crippen LogP contribution < -0.4 is 10.2 Å². The van der Waals surface area contributed by atoms with Gasteiger partial charge in [0.1, 0.15) is 0 Å². The molecule has 1 aromatic rings. The zero-order valence-corrected chi connectivity index (χ0v) is 16.0. The molecule has 3 rings (SSSR count). The maximum atomic E-state index is 12.6. The smallest absolute Gasteiger partial charge is 0.237 e. The minimum atomic E-state index is -0.0287. The van der Waals surface area contributed by atoms with E-state index in [-0.39, 0.29) is 11.9 Å². The van der Waals surface area contributed by atoms with E-state index in [4.69, 9.17) is 0 Å². The van der Waals surface area contributed by atoms with E-state index in [0.29, 0.717) is 6.04 Å². The van der Waals surface area contributed by atoms with E-state index in [0.717, 1.165) is 44.9 Å². The maximum Gasteiger partial charge on any atom is 0.237 e. The van der Waals surface area contributed by atoms with E-state index in [2.05, 4.69) is 60.2 Å². The number of hydrogen-bond acceptors (Lipinski definition) is 3. The van der Waals surface area contributed by atoms with Crippen LogP contribution in [-0.2, 0) is 4.79 Å². The van der Waals surface area contributed by atoms with Gasteiger partial charge in [0.25, 0.3) is 0 Å². The molecule has 0 bridgehead atoms. The second-order valence-electron chi connectivity index (χ2n) is 8.00. The van der Waals surface area contributed by atoms with Crippen molar-refractivity contribution in [3.05, 3.63) is 29.8 Å². The zero-order valence-electron chi connectivity index (χ0n) is 16.0. The number of benzene rings is 1. The van der Waals surface area contributed by atoms with Crippen LogP contribution >= 0.6 is 0 Å². The lowest BCUT2D eigenvalue weighted by Crippen LogP contribution is -2.55. The third kappa shape index (κ3) is 4.75. The van der Waals surface area contributed by atoms with E-state index in [1.54, 1.807) is 0 Å². The Kier molecular flexibility index (Phi) is 6.00. The second-order valence-corrected chi connectivity index (χ2v) is 8.00. The number of anilines is 1. The quantitative estimate of drug-likeness (QED) is 0.912. The maximum absolute atomic E-state index is 12.6. The Balaban J connectivity index is 1.47. The number of hydrogen-bond donors (Lipinski definition) is 1. The van der Waals surface area contributed by atoms with E-state index >= 15 is 0 Å². The highest BCUT2D eigenvalue weighted by atomic mass is 16.2. The van der Waals surface area contributed by atoms with Gasteiger partial charge in [0, 0.05) is 37.9 Å². The molecule has 2 aliphatic rings. The average Bonchev–Trinajstić information content (AvgIpc) is 2.63. The van der Waals surface area contributed by atoms with Crippen LogP contribution in [-0.4, -0.2) is 49.1 Å². The SMILES string of the molecule is Cc1cccc(N2CCN([C@@H](C)C(=O)NC3CCC(C)CC3)CC2)c1. The molecule has 1 amide bonds. The molecule has 1 heterocycles. The van der Waals surface area contributed by atoms with Crippen molar-refractivity contribution in [1.82, 2.24) is 10.2 Å². The molecule has 4 heteroatoms. The van der Waals surface area contributed by atoms with Crippen LogP contribution in [0.3, 0.4) is 0 Å². The summed E-state index contributed by atoms with van der Waals surface area (Å²) in [6.07, 6.45) is 4.77. The molecule has 1 aromatic carbocycles. The topological polar surface area (TPSA) is 35.6 Å². The van der Waals surface area contributed by atoms with Gasteiger partial charge in [0.15, 0.2) is 0 Å². The Hall–Kier alpha value is -1.55. The van der Waals surface area contributed by atoms with E-state index in [1.165, 1.54) is 24.1 Å². The molecule has 0 radical (unpaired) electrons. The van der Waals surface area contributed by atoms with Crippen LogP contribution in [0.2, 0.25) is 0 Å². The molecule has 1 N–H and O–H groups in total. The summed E-state index contributed by atoms with van der Waals surface area (Å²) < 4.78 is 0. The number of carbonyl (C=O) groups excluding carboxylic acids is 1. The Morgan fingerprint density at radius 2 is 1.80 bits per heavy atom. The van der Waals surface area contributed by atoms with Gasteiger partial charge < -0.3 is 10.2 Å². The summed E-state index contributed by atoms with van der Waals surface area (Å²) >= 11 is 0. The lowest BCUT2D eigenvalue weighted by atomic mass is 9.87. The van der Waals surface area contributed by atoms with Gasteiger partial charge in [-0.1, -0.05) is 19.1 Å². The molecule has 0 spiro atoms. The monoisotopic (exact) mass is 343 g/mol. The van der Waals surface area contributed by atoms with E-state index in [9.17, 15) is 4.79 Å². The highest BCUT2D eigenvalue weighted by Gasteiger charge is 2.28. The van der Waals surface area contributed by atoms with Crippen LogP contribution in [0.25, 0.3) is 0 Å². The Morgan fingerprint density at radius 3 is 2.44 bits per heavy atom. The van der Waals surface area contributed by atoms with Crippen molar-refractivity contribution in [3.8, 4) is 0 Å². The molecule has 0 aromatic heterocycles. The Morgan fingerprint density at radius 1 is 1.12 bits per heavy atom. The normalized spacial score (nSPS) is 26.3. The highest BCUT2D eigenvalue weighted by molar-refractivity contribution is 5.81. The van der Waals surface area contributed by atoms with Crippen LogP contribution in [0.15, 0.2) is 24.3 Å². The van der Waals surface area contributed by atoms with Crippen molar-refractivity contribution in [2.24, 2.45) is 5.92 Å². The number of amides is 1. The predicted octanol–water partition coefficient (Wildman–Crippen LogP) is 3.20. The third-order valence-corrected chi connectivity index (χ3v) is 5.97. The number of nitrogens with zero attached hydrogens (tertiary/aromatic N) is 2. The first kappa shape index (κ1) is 18.2. The van der Waals surface area contributed by atoms with Gasteiger partial charge in [0.05, 0.1) is 6.04 Å². The van der Waals surface area contributed by atoms with Crippen LogP contribution in [0.4, 0.5) is 5.69 Å². The minimum Gasteiger partial charge on any atom is -0.369 e. The molecule has 1 aliphatic carbocycles. The van der Waals surface area contributed by atoms with Crippen molar-refractivity contribution in [3.63, 3.8) is 0 Å². The van der Waals surface area contributed by atoms with Gasteiger partial charge >= 0.3 is 0 Å².